The molecule has 0 saturated carbocycles. The van der Waals surface area contributed by atoms with Crippen molar-refractivity contribution in [2.45, 2.75) is 13.8 Å². The lowest BCUT2D eigenvalue weighted by molar-refractivity contribution is -0.139. The van der Waals surface area contributed by atoms with Gasteiger partial charge in [0.25, 0.3) is 0 Å². The number of Topliss-reactive ketones (excluding diaryl/α,β-unsaturated/α-hetero) is 1. The van der Waals surface area contributed by atoms with Crippen molar-refractivity contribution in [2.24, 2.45) is 0 Å². The highest BCUT2D eigenvalue weighted by molar-refractivity contribution is 6.08. The lowest BCUT2D eigenvalue weighted by Crippen LogP contribution is -2.10. The van der Waals surface area contributed by atoms with Crippen LogP contribution in [0.1, 0.15) is 22.8 Å². The van der Waals surface area contributed by atoms with E-state index in [4.69, 9.17) is 4.74 Å². The van der Waals surface area contributed by atoms with E-state index in [2.05, 4.69) is 6.58 Å². The molecule has 1 rings (SSSR count). The van der Waals surface area contributed by atoms with E-state index in [1.165, 1.54) is 6.92 Å². The molecule has 3 heteroatoms. The van der Waals surface area contributed by atoms with Crippen molar-refractivity contribution in [1.82, 2.24) is 0 Å². The summed E-state index contributed by atoms with van der Waals surface area (Å²) in [5, 5.41) is 0. The average Bonchev–Trinajstić information content (AvgIpc) is 2.26. The molecule has 0 aromatic heterocycles. The van der Waals surface area contributed by atoms with E-state index < -0.39 is 5.97 Å². The van der Waals surface area contributed by atoms with E-state index in [0.29, 0.717) is 5.56 Å². The SMILES string of the molecule is C=C(COC(C)=O)C(=O)c1ccc(C)cc1. The monoisotopic (exact) mass is 218 g/mol. The molecule has 0 bridgehead atoms. The summed E-state index contributed by atoms with van der Waals surface area (Å²) in [4.78, 5) is 22.4. The van der Waals surface area contributed by atoms with E-state index in [-0.39, 0.29) is 18.0 Å². The minimum atomic E-state index is -0.419. The molecule has 3 nitrogen and oxygen atoms in total. The van der Waals surface area contributed by atoms with Crippen molar-refractivity contribution in [1.29, 1.82) is 0 Å². The highest BCUT2D eigenvalue weighted by atomic mass is 16.5. The van der Waals surface area contributed by atoms with Gasteiger partial charge in [0.1, 0.15) is 6.61 Å². The molecule has 84 valence electrons. The van der Waals surface area contributed by atoms with Crippen LogP contribution in [0.15, 0.2) is 36.4 Å². The molecule has 0 aliphatic heterocycles. The minimum Gasteiger partial charge on any atom is -0.461 e. The first kappa shape index (κ1) is 12.2. The van der Waals surface area contributed by atoms with E-state index in [9.17, 15) is 9.59 Å². The van der Waals surface area contributed by atoms with Crippen LogP contribution in [0.3, 0.4) is 0 Å². The Labute approximate surface area is 94.7 Å². The van der Waals surface area contributed by atoms with E-state index in [0.717, 1.165) is 5.56 Å². The summed E-state index contributed by atoms with van der Waals surface area (Å²) in [6.45, 7) is 6.79. The maximum absolute atomic E-state index is 11.8. The fourth-order valence-corrected chi connectivity index (χ4v) is 1.16. The Bertz CT molecular complexity index is 415. The number of hydrogen-bond donors (Lipinski definition) is 0. The van der Waals surface area contributed by atoms with Gasteiger partial charge in [-0.15, -0.1) is 0 Å². The fraction of sp³-hybridized carbons (Fsp3) is 0.231. The van der Waals surface area contributed by atoms with Crippen molar-refractivity contribution in [3.05, 3.63) is 47.5 Å². The summed E-state index contributed by atoms with van der Waals surface area (Å²) < 4.78 is 4.71. The Kier molecular flexibility index (Phi) is 4.00. The summed E-state index contributed by atoms with van der Waals surface area (Å²) in [6.07, 6.45) is 0. The first-order valence-corrected chi connectivity index (χ1v) is 4.93. The maximum Gasteiger partial charge on any atom is 0.302 e. The summed E-state index contributed by atoms with van der Waals surface area (Å²) in [5.41, 5.74) is 1.92. The van der Waals surface area contributed by atoms with Crippen LogP contribution in [0.25, 0.3) is 0 Å². The quantitative estimate of drug-likeness (QED) is 0.442. The summed E-state index contributed by atoms with van der Waals surface area (Å²) >= 11 is 0. The Morgan fingerprint density at radius 1 is 1.25 bits per heavy atom. The van der Waals surface area contributed by atoms with Crippen LogP contribution in [0.5, 0.6) is 0 Å². The van der Waals surface area contributed by atoms with Gasteiger partial charge >= 0.3 is 5.97 Å². The molecule has 0 N–H and O–H groups in total. The second-order valence-corrected chi connectivity index (χ2v) is 3.58. The van der Waals surface area contributed by atoms with Gasteiger partial charge in [0.15, 0.2) is 5.78 Å². The minimum absolute atomic E-state index is 0.0535. The number of esters is 1. The average molecular weight is 218 g/mol. The van der Waals surface area contributed by atoms with Crippen molar-refractivity contribution >= 4 is 11.8 Å². The molecule has 0 fully saturated rings. The van der Waals surface area contributed by atoms with Gasteiger partial charge in [-0.1, -0.05) is 36.4 Å². The molecule has 0 amide bonds. The third-order valence-electron chi connectivity index (χ3n) is 2.08. The molecule has 0 aliphatic carbocycles. The lowest BCUT2D eigenvalue weighted by Gasteiger charge is -2.05. The van der Waals surface area contributed by atoms with Gasteiger partial charge < -0.3 is 4.74 Å². The highest BCUT2D eigenvalue weighted by Gasteiger charge is 2.10. The first-order chi connectivity index (χ1) is 7.50. The Hall–Kier alpha value is -1.90. The van der Waals surface area contributed by atoms with E-state index in [1.54, 1.807) is 12.1 Å². The Morgan fingerprint density at radius 3 is 2.31 bits per heavy atom. The molecule has 0 radical (unpaired) electrons. The standard InChI is InChI=1S/C13H14O3/c1-9-4-6-12(7-5-9)13(15)10(2)8-16-11(3)14/h4-7H,2,8H2,1,3H3. The maximum atomic E-state index is 11.8. The molecule has 0 atom stereocenters. The Balaban J connectivity index is 2.67. The zero-order chi connectivity index (χ0) is 12.1. The van der Waals surface area contributed by atoms with Gasteiger partial charge in [-0.2, -0.15) is 0 Å². The van der Waals surface area contributed by atoms with Crippen LogP contribution < -0.4 is 0 Å². The van der Waals surface area contributed by atoms with Crippen LogP contribution >= 0.6 is 0 Å². The van der Waals surface area contributed by atoms with Crippen molar-refractivity contribution < 1.29 is 14.3 Å². The number of aryl methyl sites for hydroxylation is 1. The largest absolute Gasteiger partial charge is 0.461 e. The van der Waals surface area contributed by atoms with Crippen LogP contribution in [0.4, 0.5) is 0 Å². The van der Waals surface area contributed by atoms with Crippen LogP contribution in [0, 0.1) is 6.92 Å². The molecule has 0 spiro atoms. The van der Waals surface area contributed by atoms with E-state index >= 15 is 0 Å². The van der Waals surface area contributed by atoms with Crippen molar-refractivity contribution in [3.8, 4) is 0 Å². The summed E-state index contributed by atoms with van der Waals surface area (Å²) in [5.74, 6) is -0.612. The van der Waals surface area contributed by atoms with Gasteiger partial charge in [0, 0.05) is 18.1 Å². The molecule has 16 heavy (non-hydrogen) atoms. The van der Waals surface area contributed by atoms with Crippen LogP contribution in [0.2, 0.25) is 0 Å². The third kappa shape index (κ3) is 3.35. The van der Waals surface area contributed by atoms with Gasteiger partial charge in [0.05, 0.1) is 0 Å². The number of ketones is 1. The van der Waals surface area contributed by atoms with Gasteiger partial charge in [-0.05, 0) is 6.92 Å². The van der Waals surface area contributed by atoms with Crippen LogP contribution in [-0.4, -0.2) is 18.4 Å². The van der Waals surface area contributed by atoms with E-state index in [1.807, 2.05) is 19.1 Å². The third-order valence-corrected chi connectivity index (χ3v) is 2.08. The predicted octanol–water partition coefficient (Wildman–Crippen LogP) is 2.30. The lowest BCUT2D eigenvalue weighted by atomic mass is 10.0. The Morgan fingerprint density at radius 2 is 1.81 bits per heavy atom. The van der Waals surface area contributed by atoms with Crippen molar-refractivity contribution in [2.75, 3.05) is 6.61 Å². The molecule has 0 heterocycles. The predicted molar refractivity (Wildman–Crippen MR) is 61.3 cm³/mol. The fourth-order valence-electron chi connectivity index (χ4n) is 1.16. The zero-order valence-corrected chi connectivity index (χ0v) is 9.45. The molecule has 1 aromatic carbocycles. The normalized spacial score (nSPS) is 9.62. The number of carbonyl (C=O) groups excluding carboxylic acids is 2. The zero-order valence-electron chi connectivity index (χ0n) is 9.45. The topological polar surface area (TPSA) is 43.4 Å². The molecule has 0 aliphatic rings. The molecule has 1 aromatic rings. The number of rotatable bonds is 4. The highest BCUT2D eigenvalue weighted by Crippen LogP contribution is 2.09. The molecular weight excluding hydrogens is 204 g/mol. The second-order valence-electron chi connectivity index (χ2n) is 3.58. The van der Waals surface area contributed by atoms with Gasteiger partial charge in [-0.25, -0.2) is 0 Å². The van der Waals surface area contributed by atoms with Gasteiger partial charge in [-0.3, -0.25) is 9.59 Å². The molecule has 0 saturated heterocycles. The number of ether oxygens (including phenoxy) is 1. The molecular formula is C13H14O3. The van der Waals surface area contributed by atoms with Gasteiger partial charge in [0.2, 0.25) is 0 Å². The van der Waals surface area contributed by atoms with Crippen molar-refractivity contribution in [3.63, 3.8) is 0 Å². The number of carbonyl (C=O) groups is 2. The second kappa shape index (κ2) is 5.26. The smallest absolute Gasteiger partial charge is 0.302 e. The molecule has 0 unspecified atom stereocenters. The summed E-state index contributed by atoms with van der Waals surface area (Å²) in [7, 11) is 0. The van der Waals surface area contributed by atoms with Crippen LogP contribution in [-0.2, 0) is 9.53 Å². The number of benzene rings is 1. The summed E-state index contributed by atoms with van der Waals surface area (Å²) in [6, 6.07) is 7.17. The first-order valence-electron chi connectivity index (χ1n) is 4.93. The number of hydrogen-bond acceptors (Lipinski definition) is 3.